The number of carbonyl (C=O) groups excluding carboxylic acids is 1. The summed E-state index contributed by atoms with van der Waals surface area (Å²) in [5.74, 6) is -0.981. The van der Waals surface area contributed by atoms with E-state index in [1.54, 1.807) is 12.1 Å². The molecule has 0 spiro atoms. The Kier molecular flexibility index (Phi) is 3.15. The second-order valence-corrected chi connectivity index (χ2v) is 4.68. The highest BCUT2D eigenvalue weighted by molar-refractivity contribution is 5.97. The molecule has 0 saturated heterocycles. The van der Waals surface area contributed by atoms with Crippen molar-refractivity contribution in [3.8, 4) is 0 Å². The molecule has 1 aromatic carbocycles. The fraction of sp³-hybridized carbons (Fsp3) is 0.462. The van der Waals surface area contributed by atoms with Crippen LogP contribution < -0.4 is 5.32 Å². The Hall–Kier alpha value is -1.42. The van der Waals surface area contributed by atoms with Gasteiger partial charge in [0.15, 0.2) is 0 Å². The van der Waals surface area contributed by atoms with Crippen LogP contribution in [0, 0.1) is 12.7 Å². The van der Waals surface area contributed by atoms with Crippen molar-refractivity contribution in [1.82, 2.24) is 0 Å². The second kappa shape index (κ2) is 4.45. The number of amides is 1. The fourth-order valence-electron chi connectivity index (χ4n) is 2.16. The number of aryl methyl sites for hydroxylation is 1. The summed E-state index contributed by atoms with van der Waals surface area (Å²) in [6.07, 6.45) is 2.57. The lowest BCUT2D eigenvalue weighted by atomic mass is 10.0. The van der Waals surface area contributed by atoms with Crippen molar-refractivity contribution in [2.75, 3.05) is 5.32 Å². The van der Waals surface area contributed by atoms with E-state index in [1.807, 2.05) is 6.92 Å². The molecule has 1 fully saturated rings. The quantitative estimate of drug-likeness (QED) is 0.829. The molecule has 2 rings (SSSR count). The van der Waals surface area contributed by atoms with Crippen molar-refractivity contribution in [3.05, 3.63) is 29.6 Å². The molecule has 0 radical (unpaired) electrons. The Morgan fingerprint density at radius 1 is 1.41 bits per heavy atom. The predicted molar refractivity (Wildman–Crippen MR) is 63.2 cm³/mol. The van der Waals surface area contributed by atoms with Crippen LogP contribution in [-0.4, -0.2) is 16.6 Å². The van der Waals surface area contributed by atoms with Crippen molar-refractivity contribution in [3.63, 3.8) is 0 Å². The van der Waals surface area contributed by atoms with Crippen LogP contribution in [-0.2, 0) is 4.79 Å². The zero-order chi connectivity index (χ0) is 12.5. The van der Waals surface area contributed by atoms with Gasteiger partial charge in [0.25, 0.3) is 5.91 Å². The molecule has 1 aliphatic carbocycles. The smallest absolute Gasteiger partial charge is 0.256 e. The van der Waals surface area contributed by atoms with Gasteiger partial charge in [0.05, 0.1) is 5.69 Å². The average Bonchev–Trinajstić information content (AvgIpc) is 2.72. The van der Waals surface area contributed by atoms with Crippen LogP contribution in [0.5, 0.6) is 0 Å². The van der Waals surface area contributed by atoms with Crippen LogP contribution >= 0.6 is 0 Å². The topological polar surface area (TPSA) is 49.3 Å². The number of anilines is 1. The molecule has 1 saturated carbocycles. The molecule has 3 nitrogen and oxygen atoms in total. The van der Waals surface area contributed by atoms with Crippen LogP contribution in [0.1, 0.15) is 31.2 Å². The Labute approximate surface area is 99.7 Å². The van der Waals surface area contributed by atoms with E-state index < -0.39 is 17.3 Å². The second-order valence-electron chi connectivity index (χ2n) is 4.68. The van der Waals surface area contributed by atoms with E-state index in [0.29, 0.717) is 12.8 Å². The summed E-state index contributed by atoms with van der Waals surface area (Å²) in [7, 11) is 0. The lowest BCUT2D eigenvalue weighted by Crippen LogP contribution is -2.40. The summed E-state index contributed by atoms with van der Waals surface area (Å²) < 4.78 is 13.4. The first-order valence-electron chi connectivity index (χ1n) is 5.81. The number of halogens is 1. The molecule has 0 aliphatic heterocycles. The molecule has 0 heterocycles. The third kappa shape index (κ3) is 2.47. The molecule has 17 heavy (non-hydrogen) atoms. The zero-order valence-corrected chi connectivity index (χ0v) is 9.79. The molecule has 4 heteroatoms. The molecule has 0 aromatic heterocycles. The third-order valence-electron chi connectivity index (χ3n) is 3.22. The molecule has 0 atom stereocenters. The molecule has 0 unspecified atom stereocenters. The summed E-state index contributed by atoms with van der Waals surface area (Å²) in [6, 6.07) is 4.50. The van der Waals surface area contributed by atoms with Gasteiger partial charge in [0.1, 0.15) is 11.4 Å². The van der Waals surface area contributed by atoms with Gasteiger partial charge in [-0.25, -0.2) is 4.39 Å². The minimum Gasteiger partial charge on any atom is -0.380 e. The van der Waals surface area contributed by atoms with Gasteiger partial charge in [0, 0.05) is 0 Å². The fourth-order valence-corrected chi connectivity index (χ4v) is 2.16. The zero-order valence-electron chi connectivity index (χ0n) is 9.79. The first kappa shape index (κ1) is 12.0. The van der Waals surface area contributed by atoms with Crippen molar-refractivity contribution in [1.29, 1.82) is 0 Å². The van der Waals surface area contributed by atoms with Gasteiger partial charge < -0.3 is 10.4 Å². The Morgan fingerprint density at radius 2 is 2.06 bits per heavy atom. The number of nitrogens with one attached hydrogen (secondary N) is 1. The summed E-state index contributed by atoms with van der Waals surface area (Å²) in [5, 5.41) is 12.5. The Morgan fingerprint density at radius 3 is 2.71 bits per heavy atom. The van der Waals surface area contributed by atoms with Crippen molar-refractivity contribution >= 4 is 11.6 Å². The maximum Gasteiger partial charge on any atom is 0.256 e. The highest BCUT2D eigenvalue weighted by Crippen LogP contribution is 2.31. The van der Waals surface area contributed by atoms with E-state index in [1.165, 1.54) is 6.07 Å². The van der Waals surface area contributed by atoms with E-state index in [2.05, 4.69) is 5.32 Å². The van der Waals surface area contributed by atoms with Crippen molar-refractivity contribution in [2.24, 2.45) is 0 Å². The van der Waals surface area contributed by atoms with Crippen LogP contribution in [0.25, 0.3) is 0 Å². The van der Waals surface area contributed by atoms with Gasteiger partial charge in [-0.2, -0.15) is 0 Å². The first-order valence-corrected chi connectivity index (χ1v) is 5.81. The minimum atomic E-state index is -1.32. The van der Waals surface area contributed by atoms with Gasteiger partial charge in [-0.15, -0.1) is 0 Å². The molecular formula is C13H16FNO2. The normalized spacial score (nSPS) is 18.1. The Bertz CT molecular complexity index is 439. The van der Waals surface area contributed by atoms with Gasteiger partial charge in [0.2, 0.25) is 0 Å². The van der Waals surface area contributed by atoms with E-state index in [-0.39, 0.29) is 5.69 Å². The highest BCUT2D eigenvalue weighted by atomic mass is 19.1. The molecule has 1 aromatic rings. The standard InChI is InChI=1S/C13H16FNO2/c1-9-4-5-10(14)11(8-9)15-12(16)13(17)6-2-3-7-13/h4-5,8,17H,2-3,6-7H2,1H3,(H,15,16). The number of hydrogen-bond acceptors (Lipinski definition) is 2. The largest absolute Gasteiger partial charge is 0.380 e. The van der Waals surface area contributed by atoms with Crippen molar-refractivity contribution < 1.29 is 14.3 Å². The van der Waals surface area contributed by atoms with Gasteiger partial charge >= 0.3 is 0 Å². The average molecular weight is 237 g/mol. The van der Waals surface area contributed by atoms with E-state index >= 15 is 0 Å². The van der Waals surface area contributed by atoms with Gasteiger partial charge in [-0.05, 0) is 50.3 Å². The predicted octanol–water partition coefficient (Wildman–Crippen LogP) is 2.38. The Balaban J connectivity index is 2.15. The molecule has 1 aliphatic rings. The summed E-state index contributed by atoms with van der Waals surface area (Å²) >= 11 is 0. The summed E-state index contributed by atoms with van der Waals surface area (Å²) in [5.41, 5.74) is -0.327. The maximum absolute atomic E-state index is 13.4. The SMILES string of the molecule is Cc1ccc(F)c(NC(=O)C2(O)CCCC2)c1. The van der Waals surface area contributed by atoms with Crippen LogP contribution in [0.4, 0.5) is 10.1 Å². The number of aliphatic hydroxyl groups is 1. The number of rotatable bonds is 2. The summed E-state index contributed by atoms with van der Waals surface area (Å²) in [4.78, 5) is 11.9. The van der Waals surface area contributed by atoms with Crippen LogP contribution in [0.2, 0.25) is 0 Å². The molecular weight excluding hydrogens is 221 g/mol. The first-order chi connectivity index (χ1) is 8.01. The van der Waals surface area contributed by atoms with Crippen LogP contribution in [0.3, 0.4) is 0 Å². The maximum atomic E-state index is 13.4. The molecule has 1 amide bonds. The lowest BCUT2D eigenvalue weighted by molar-refractivity contribution is -0.133. The number of benzene rings is 1. The minimum absolute atomic E-state index is 0.135. The van der Waals surface area contributed by atoms with Crippen LogP contribution in [0.15, 0.2) is 18.2 Å². The molecule has 2 N–H and O–H groups in total. The van der Waals surface area contributed by atoms with E-state index in [0.717, 1.165) is 18.4 Å². The lowest BCUT2D eigenvalue weighted by Gasteiger charge is -2.21. The summed E-state index contributed by atoms with van der Waals surface area (Å²) in [6.45, 7) is 1.82. The molecule has 92 valence electrons. The monoisotopic (exact) mass is 237 g/mol. The van der Waals surface area contributed by atoms with Crippen molar-refractivity contribution in [2.45, 2.75) is 38.2 Å². The number of hydrogen-bond donors (Lipinski definition) is 2. The number of carbonyl (C=O) groups is 1. The van der Waals surface area contributed by atoms with Gasteiger partial charge in [-0.3, -0.25) is 4.79 Å². The van der Waals surface area contributed by atoms with E-state index in [4.69, 9.17) is 0 Å². The molecule has 0 bridgehead atoms. The van der Waals surface area contributed by atoms with Gasteiger partial charge in [-0.1, -0.05) is 6.07 Å². The van der Waals surface area contributed by atoms with E-state index in [9.17, 15) is 14.3 Å². The third-order valence-corrected chi connectivity index (χ3v) is 3.22. The highest BCUT2D eigenvalue weighted by Gasteiger charge is 2.39.